The summed E-state index contributed by atoms with van der Waals surface area (Å²) in [5, 5.41) is 24.3. The molecule has 3 heterocycles. The van der Waals surface area contributed by atoms with E-state index in [0.717, 1.165) is 22.2 Å². The van der Waals surface area contributed by atoms with Crippen molar-refractivity contribution in [2.75, 3.05) is 19.6 Å². The number of rotatable bonds is 8. The summed E-state index contributed by atoms with van der Waals surface area (Å²) in [5.74, 6) is -0.358. The lowest BCUT2D eigenvalue weighted by Crippen LogP contribution is -2.76. The SMILES string of the molecule is C=CCN1CC(=O)N2[C@@H](Cc3ccc(O)cc3)C(=O)N(Cc3ccc4c(c3)nnn4C)C[C@@H]2N1C(=O)NCc1ccccc1. The number of carbonyl (C=O) groups excluding carboxylic acids is 3. The number of urea groups is 1. The average molecular weight is 595 g/mol. The fraction of sp³-hybridized carbons (Fsp3) is 0.281. The number of fused-ring (bicyclic) bond motifs is 2. The summed E-state index contributed by atoms with van der Waals surface area (Å²) in [4.78, 5) is 45.0. The van der Waals surface area contributed by atoms with E-state index in [9.17, 15) is 19.5 Å². The number of hydrazine groups is 1. The fourth-order valence-corrected chi connectivity index (χ4v) is 5.96. The predicted molar refractivity (Wildman–Crippen MR) is 162 cm³/mol. The Bertz CT molecular complexity index is 1690. The molecule has 0 aliphatic carbocycles. The van der Waals surface area contributed by atoms with Gasteiger partial charge in [-0.05, 0) is 41.0 Å². The Balaban J connectivity index is 1.35. The van der Waals surface area contributed by atoms with Crippen LogP contribution in [0.3, 0.4) is 0 Å². The summed E-state index contributed by atoms with van der Waals surface area (Å²) in [6, 6.07) is 20.7. The van der Waals surface area contributed by atoms with Crippen molar-refractivity contribution in [2.45, 2.75) is 31.7 Å². The second-order valence-electron chi connectivity index (χ2n) is 11.0. The van der Waals surface area contributed by atoms with Gasteiger partial charge in [0.2, 0.25) is 11.8 Å². The van der Waals surface area contributed by atoms with Crippen LogP contribution < -0.4 is 5.32 Å². The van der Waals surface area contributed by atoms with E-state index in [1.165, 1.54) is 0 Å². The Morgan fingerprint density at radius 1 is 1.05 bits per heavy atom. The van der Waals surface area contributed by atoms with Crippen LogP contribution in [0, 0.1) is 0 Å². The molecule has 3 aromatic carbocycles. The van der Waals surface area contributed by atoms with Crippen molar-refractivity contribution >= 4 is 28.9 Å². The second-order valence-corrected chi connectivity index (χ2v) is 11.0. The van der Waals surface area contributed by atoms with Gasteiger partial charge in [-0.25, -0.2) is 19.5 Å². The monoisotopic (exact) mass is 594 g/mol. The van der Waals surface area contributed by atoms with Crippen molar-refractivity contribution in [1.82, 2.24) is 40.1 Å². The number of hydrogen-bond acceptors (Lipinski definition) is 7. The zero-order valence-corrected chi connectivity index (χ0v) is 24.4. The molecule has 12 heteroatoms. The Morgan fingerprint density at radius 3 is 2.55 bits per heavy atom. The molecule has 2 atom stereocenters. The summed E-state index contributed by atoms with van der Waals surface area (Å²) < 4.78 is 1.69. The molecule has 2 fully saturated rings. The topological polar surface area (TPSA) is 127 Å². The normalized spacial score (nSPS) is 18.9. The number of amides is 4. The number of phenols is 1. The van der Waals surface area contributed by atoms with Crippen LogP contribution in [0.15, 0.2) is 85.5 Å². The molecule has 0 radical (unpaired) electrons. The van der Waals surface area contributed by atoms with Gasteiger partial charge in [0.25, 0.3) is 0 Å². The van der Waals surface area contributed by atoms with Gasteiger partial charge in [0, 0.05) is 33.1 Å². The number of aryl methyl sites for hydroxylation is 1. The Morgan fingerprint density at radius 2 is 1.80 bits per heavy atom. The van der Waals surface area contributed by atoms with Crippen LogP contribution in [0.1, 0.15) is 16.7 Å². The minimum Gasteiger partial charge on any atom is -0.508 e. The molecule has 0 saturated carbocycles. The maximum absolute atomic E-state index is 14.2. The maximum Gasteiger partial charge on any atom is 0.334 e. The predicted octanol–water partition coefficient (Wildman–Crippen LogP) is 2.41. The van der Waals surface area contributed by atoms with Gasteiger partial charge in [0.05, 0.1) is 18.6 Å². The first-order valence-corrected chi connectivity index (χ1v) is 14.5. The number of piperazine rings is 1. The molecular formula is C32H34N8O4. The molecule has 1 aromatic heterocycles. The molecule has 0 spiro atoms. The van der Waals surface area contributed by atoms with E-state index in [0.29, 0.717) is 12.1 Å². The lowest BCUT2D eigenvalue weighted by Gasteiger charge is -2.55. The lowest BCUT2D eigenvalue weighted by atomic mass is 9.98. The minimum atomic E-state index is -0.860. The summed E-state index contributed by atoms with van der Waals surface area (Å²) in [5.41, 5.74) is 4.15. The van der Waals surface area contributed by atoms with Gasteiger partial charge in [0.1, 0.15) is 23.5 Å². The Labute approximate surface area is 254 Å². The van der Waals surface area contributed by atoms with E-state index in [-0.39, 0.29) is 56.2 Å². The Hall–Kier alpha value is -5.23. The molecule has 4 amide bonds. The molecule has 4 aromatic rings. The molecule has 0 bridgehead atoms. The van der Waals surface area contributed by atoms with Crippen LogP contribution >= 0.6 is 0 Å². The molecular weight excluding hydrogens is 560 g/mol. The average Bonchev–Trinajstić information content (AvgIpc) is 3.39. The highest BCUT2D eigenvalue weighted by Crippen LogP contribution is 2.30. The Kier molecular flexibility index (Phi) is 7.99. The van der Waals surface area contributed by atoms with Gasteiger partial charge in [-0.1, -0.05) is 59.8 Å². The largest absolute Gasteiger partial charge is 0.508 e. The summed E-state index contributed by atoms with van der Waals surface area (Å²) >= 11 is 0. The first-order chi connectivity index (χ1) is 21.3. The summed E-state index contributed by atoms with van der Waals surface area (Å²) in [7, 11) is 1.82. The van der Waals surface area contributed by atoms with Crippen LogP contribution in [0.4, 0.5) is 4.79 Å². The number of nitrogens with zero attached hydrogens (tertiary/aromatic N) is 7. The van der Waals surface area contributed by atoms with Crippen LogP contribution in [0.25, 0.3) is 11.0 Å². The van der Waals surface area contributed by atoms with Crippen molar-refractivity contribution in [3.05, 3.63) is 102 Å². The van der Waals surface area contributed by atoms with Gasteiger partial charge in [-0.2, -0.15) is 0 Å². The van der Waals surface area contributed by atoms with Crippen molar-refractivity contribution < 1.29 is 19.5 Å². The zero-order valence-electron chi connectivity index (χ0n) is 24.4. The van der Waals surface area contributed by atoms with E-state index in [1.807, 2.05) is 55.6 Å². The third-order valence-electron chi connectivity index (χ3n) is 8.08. The molecule has 6 rings (SSSR count). The van der Waals surface area contributed by atoms with E-state index < -0.39 is 12.2 Å². The highest BCUT2D eigenvalue weighted by Gasteiger charge is 2.51. The van der Waals surface area contributed by atoms with E-state index in [4.69, 9.17) is 0 Å². The zero-order chi connectivity index (χ0) is 30.8. The first-order valence-electron chi connectivity index (χ1n) is 14.5. The van der Waals surface area contributed by atoms with Crippen molar-refractivity contribution in [2.24, 2.45) is 7.05 Å². The third kappa shape index (κ3) is 5.71. The number of hydrogen-bond donors (Lipinski definition) is 2. The van der Waals surface area contributed by atoms with E-state index in [1.54, 1.807) is 54.8 Å². The quantitative estimate of drug-likeness (QED) is 0.300. The van der Waals surface area contributed by atoms with Gasteiger partial charge >= 0.3 is 6.03 Å². The minimum absolute atomic E-state index is 0.0794. The van der Waals surface area contributed by atoms with E-state index in [2.05, 4.69) is 22.2 Å². The summed E-state index contributed by atoms with van der Waals surface area (Å²) in [6.45, 7) is 4.70. The van der Waals surface area contributed by atoms with Crippen LogP contribution in [-0.2, 0) is 36.1 Å². The third-order valence-corrected chi connectivity index (χ3v) is 8.08. The first kappa shape index (κ1) is 28.9. The molecule has 0 unspecified atom stereocenters. The molecule has 2 N–H and O–H groups in total. The molecule has 2 saturated heterocycles. The van der Waals surface area contributed by atoms with Gasteiger partial charge in [-0.15, -0.1) is 11.7 Å². The standard InChI is InChI=1S/C32H34N8O4/c1-3-15-38-21-30(42)39-28(17-22-9-12-25(41)13-10-22)31(43)37(19-24-11-14-27-26(16-24)34-35-36(27)2)20-29(39)40(38)32(44)33-18-23-7-5-4-6-8-23/h3-14,16,28-29,41H,1,15,17-21H2,2H3,(H,33,44)/t28-,29-/m0/s1. The number of carbonyl (C=O) groups is 3. The van der Waals surface area contributed by atoms with Crippen LogP contribution in [-0.4, -0.2) is 89.6 Å². The molecule has 2 aliphatic rings. The number of nitrogens with one attached hydrogen (secondary N) is 1. The lowest BCUT2D eigenvalue weighted by molar-refractivity contribution is -0.189. The van der Waals surface area contributed by atoms with Crippen LogP contribution in [0.5, 0.6) is 5.75 Å². The van der Waals surface area contributed by atoms with Crippen LogP contribution in [0.2, 0.25) is 0 Å². The highest BCUT2D eigenvalue weighted by atomic mass is 16.3. The number of aromatic hydroxyl groups is 1. The van der Waals surface area contributed by atoms with Crippen molar-refractivity contribution in [3.8, 4) is 5.75 Å². The molecule has 12 nitrogen and oxygen atoms in total. The van der Waals surface area contributed by atoms with Crippen molar-refractivity contribution in [3.63, 3.8) is 0 Å². The maximum atomic E-state index is 14.2. The smallest absolute Gasteiger partial charge is 0.334 e. The van der Waals surface area contributed by atoms with Crippen molar-refractivity contribution in [1.29, 1.82) is 0 Å². The summed E-state index contributed by atoms with van der Waals surface area (Å²) in [6.07, 6.45) is 1.12. The number of phenolic OH excluding ortho intramolecular Hbond substituents is 1. The van der Waals surface area contributed by atoms with E-state index >= 15 is 0 Å². The van der Waals surface area contributed by atoms with Gasteiger partial charge in [-0.3, -0.25) is 9.59 Å². The van der Waals surface area contributed by atoms with Gasteiger partial charge in [0.15, 0.2) is 0 Å². The number of benzene rings is 3. The molecule has 44 heavy (non-hydrogen) atoms. The highest BCUT2D eigenvalue weighted by molar-refractivity contribution is 5.92. The second kappa shape index (κ2) is 12.2. The number of aromatic nitrogens is 3. The van der Waals surface area contributed by atoms with Gasteiger partial charge < -0.3 is 20.2 Å². The molecule has 2 aliphatic heterocycles. The fourth-order valence-electron chi connectivity index (χ4n) is 5.96. The molecule has 226 valence electrons.